The number of hydrogen-bond acceptors (Lipinski definition) is 2. The Morgan fingerprint density at radius 3 is 2.56 bits per heavy atom. The Morgan fingerprint density at radius 1 is 1.31 bits per heavy atom. The van der Waals surface area contributed by atoms with Crippen LogP contribution in [0.15, 0.2) is 6.20 Å². The summed E-state index contributed by atoms with van der Waals surface area (Å²) in [6.45, 7) is 8.61. The molecular weight excluding hydrogens is 196 g/mol. The lowest BCUT2D eigenvalue weighted by Crippen LogP contribution is -2.05. The molecule has 1 aromatic rings. The van der Waals surface area contributed by atoms with Crippen molar-refractivity contribution in [2.45, 2.75) is 59.3 Å². The number of unbranched alkanes of at least 4 members (excludes halogenated alkanes) is 2. The quantitative estimate of drug-likeness (QED) is 0.766. The smallest absolute Gasteiger partial charge is 0.0660 e. The van der Waals surface area contributed by atoms with Crippen LogP contribution in [-0.4, -0.2) is 4.98 Å². The number of rotatable bonds is 5. The zero-order chi connectivity index (χ0) is 12.1. The van der Waals surface area contributed by atoms with Crippen LogP contribution >= 0.6 is 0 Å². The molecule has 1 rings (SSSR count). The van der Waals surface area contributed by atoms with E-state index in [1.165, 1.54) is 30.4 Å². The van der Waals surface area contributed by atoms with Crippen molar-refractivity contribution in [3.05, 3.63) is 23.0 Å². The molecule has 16 heavy (non-hydrogen) atoms. The fourth-order valence-electron chi connectivity index (χ4n) is 1.96. The molecule has 0 unspecified atom stereocenters. The second-order valence-electron chi connectivity index (χ2n) is 4.82. The average molecular weight is 220 g/mol. The van der Waals surface area contributed by atoms with Crippen molar-refractivity contribution in [1.29, 1.82) is 0 Å². The van der Waals surface area contributed by atoms with Gasteiger partial charge < -0.3 is 5.73 Å². The van der Waals surface area contributed by atoms with Gasteiger partial charge in [0.25, 0.3) is 0 Å². The Labute approximate surface area is 99.3 Å². The first-order chi connectivity index (χ1) is 7.57. The Morgan fingerprint density at radius 2 is 2.00 bits per heavy atom. The van der Waals surface area contributed by atoms with Gasteiger partial charge in [-0.05, 0) is 36.8 Å². The number of nitrogens with two attached hydrogens (primary N) is 1. The summed E-state index contributed by atoms with van der Waals surface area (Å²) in [6.07, 6.45) is 6.89. The summed E-state index contributed by atoms with van der Waals surface area (Å²) in [4.78, 5) is 4.49. The highest BCUT2D eigenvalue weighted by Gasteiger charge is 2.10. The van der Waals surface area contributed by atoms with Gasteiger partial charge in [-0.2, -0.15) is 0 Å². The molecule has 1 aromatic heterocycles. The first-order valence-corrected chi connectivity index (χ1v) is 6.31. The SMILES string of the molecule is CCCCCc1cnc(C(C)C)c(N)c1C. The Hall–Kier alpha value is -1.05. The molecule has 0 aliphatic heterocycles. The number of hydrogen-bond donors (Lipinski definition) is 1. The number of aryl methyl sites for hydroxylation is 1. The summed E-state index contributed by atoms with van der Waals surface area (Å²) in [5, 5.41) is 0. The number of aromatic nitrogens is 1. The number of anilines is 1. The van der Waals surface area contributed by atoms with E-state index in [-0.39, 0.29) is 0 Å². The second kappa shape index (κ2) is 5.88. The maximum Gasteiger partial charge on any atom is 0.0660 e. The van der Waals surface area contributed by atoms with Gasteiger partial charge in [0.1, 0.15) is 0 Å². The minimum atomic E-state index is 0.406. The van der Waals surface area contributed by atoms with E-state index in [2.05, 4.69) is 32.7 Å². The van der Waals surface area contributed by atoms with Gasteiger partial charge in [-0.3, -0.25) is 4.98 Å². The van der Waals surface area contributed by atoms with Crippen LogP contribution in [0.2, 0.25) is 0 Å². The van der Waals surface area contributed by atoms with Gasteiger partial charge in [-0.15, -0.1) is 0 Å². The van der Waals surface area contributed by atoms with Crippen molar-refractivity contribution in [2.24, 2.45) is 0 Å². The van der Waals surface area contributed by atoms with Gasteiger partial charge in [-0.1, -0.05) is 33.6 Å². The summed E-state index contributed by atoms with van der Waals surface area (Å²) in [7, 11) is 0. The van der Waals surface area contributed by atoms with E-state index in [4.69, 9.17) is 5.73 Å². The Bertz CT molecular complexity index is 343. The number of nitrogen functional groups attached to an aromatic ring is 1. The molecule has 90 valence electrons. The molecule has 0 atom stereocenters. The summed E-state index contributed by atoms with van der Waals surface area (Å²) in [6, 6.07) is 0. The molecule has 0 saturated carbocycles. The molecular formula is C14H24N2. The minimum absolute atomic E-state index is 0.406. The van der Waals surface area contributed by atoms with Gasteiger partial charge in [-0.25, -0.2) is 0 Å². The lowest BCUT2D eigenvalue weighted by atomic mass is 9.99. The average Bonchev–Trinajstić information content (AvgIpc) is 2.24. The van der Waals surface area contributed by atoms with Crippen molar-refractivity contribution in [3.63, 3.8) is 0 Å². The van der Waals surface area contributed by atoms with Crippen LogP contribution in [0.4, 0.5) is 5.69 Å². The molecule has 1 heterocycles. The third kappa shape index (κ3) is 2.97. The molecule has 2 nitrogen and oxygen atoms in total. The van der Waals surface area contributed by atoms with Crippen LogP contribution < -0.4 is 5.73 Å². The van der Waals surface area contributed by atoms with E-state index in [9.17, 15) is 0 Å². The van der Waals surface area contributed by atoms with Gasteiger partial charge in [0, 0.05) is 6.20 Å². The third-order valence-corrected chi connectivity index (χ3v) is 3.12. The Balaban J connectivity index is 2.85. The highest BCUT2D eigenvalue weighted by atomic mass is 14.7. The number of nitrogens with zero attached hydrogens (tertiary/aromatic N) is 1. The van der Waals surface area contributed by atoms with E-state index >= 15 is 0 Å². The van der Waals surface area contributed by atoms with Crippen molar-refractivity contribution in [1.82, 2.24) is 4.98 Å². The maximum absolute atomic E-state index is 6.13. The zero-order valence-electron chi connectivity index (χ0n) is 11.0. The standard InChI is InChI=1S/C14H24N2/c1-5-6-7-8-12-9-16-14(10(2)3)13(15)11(12)4/h9-10H,5-8,15H2,1-4H3. The first-order valence-electron chi connectivity index (χ1n) is 6.31. The van der Waals surface area contributed by atoms with Gasteiger partial charge >= 0.3 is 0 Å². The molecule has 2 N–H and O–H groups in total. The van der Waals surface area contributed by atoms with E-state index in [0.29, 0.717) is 5.92 Å². The van der Waals surface area contributed by atoms with E-state index in [0.717, 1.165) is 17.8 Å². The Kier molecular flexibility index (Phi) is 4.78. The van der Waals surface area contributed by atoms with Crippen LogP contribution in [0, 0.1) is 6.92 Å². The van der Waals surface area contributed by atoms with Crippen LogP contribution in [0.5, 0.6) is 0 Å². The van der Waals surface area contributed by atoms with Gasteiger partial charge in [0.05, 0.1) is 11.4 Å². The molecule has 0 bridgehead atoms. The van der Waals surface area contributed by atoms with E-state index in [1.54, 1.807) is 0 Å². The van der Waals surface area contributed by atoms with Crippen molar-refractivity contribution in [3.8, 4) is 0 Å². The van der Waals surface area contributed by atoms with Crippen molar-refractivity contribution < 1.29 is 0 Å². The van der Waals surface area contributed by atoms with Crippen LogP contribution in [0.1, 0.15) is 62.8 Å². The molecule has 0 aromatic carbocycles. The molecule has 0 saturated heterocycles. The van der Waals surface area contributed by atoms with Crippen LogP contribution in [0.3, 0.4) is 0 Å². The second-order valence-corrected chi connectivity index (χ2v) is 4.82. The number of pyridine rings is 1. The van der Waals surface area contributed by atoms with Crippen molar-refractivity contribution >= 4 is 5.69 Å². The fourth-order valence-corrected chi connectivity index (χ4v) is 1.96. The van der Waals surface area contributed by atoms with E-state index in [1.807, 2.05) is 6.20 Å². The van der Waals surface area contributed by atoms with Gasteiger partial charge in [0.2, 0.25) is 0 Å². The molecule has 0 spiro atoms. The molecule has 0 amide bonds. The minimum Gasteiger partial charge on any atom is -0.397 e. The highest BCUT2D eigenvalue weighted by Crippen LogP contribution is 2.25. The van der Waals surface area contributed by atoms with Crippen LogP contribution in [0.25, 0.3) is 0 Å². The lowest BCUT2D eigenvalue weighted by Gasteiger charge is -2.14. The predicted octanol–water partition coefficient (Wildman–Crippen LogP) is 3.83. The fraction of sp³-hybridized carbons (Fsp3) is 0.643. The van der Waals surface area contributed by atoms with Crippen molar-refractivity contribution in [2.75, 3.05) is 5.73 Å². The summed E-state index contributed by atoms with van der Waals surface area (Å²) in [5.41, 5.74) is 10.6. The summed E-state index contributed by atoms with van der Waals surface area (Å²) in [5.74, 6) is 0.406. The molecule has 0 radical (unpaired) electrons. The predicted molar refractivity (Wildman–Crippen MR) is 70.7 cm³/mol. The van der Waals surface area contributed by atoms with Crippen LogP contribution in [-0.2, 0) is 6.42 Å². The largest absolute Gasteiger partial charge is 0.397 e. The third-order valence-electron chi connectivity index (χ3n) is 3.12. The summed E-state index contributed by atoms with van der Waals surface area (Å²) < 4.78 is 0. The normalized spacial score (nSPS) is 11.1. The maximum atomic E-state index is 6.13. The molecule has 0 fully saturated rings. The topological polar surface area (TPSA) is 38.9 Å². The van der Waals surface area contributed by atoms with E-state index < -0.39 is 0 Å². The molecule has 0 aliphatic carbocycles. The lowest BCUT2D eigenvalue weighted by molar-refractivity contribution is 0.712. The van der Waals surface area contributed by atoms with Gasteiger partial charge in [0.15, 0.2) is 0 Å². The molecule has 2 heteroatoms. The summed E-state index contributed by atoms with van der Waals surface area (Å²) >= 11 is 0. The highest BCUT2D eigenvalue weighted by molar-refractivity contribution is 5.54. The first kappa shape index (κ1) is 13.0. The zero-order valence-corrected chi connectivity index (χ0v) is 11.0. The molecule has 0 aliphatic rings. The monoisotopic (exact) mass is 220 g/mol.